The minimum absolute atomic E-state index is 0.106. The van der Waals surface area contributed by atoms with Gasteiger partial charge in [0.1, 0.15) is 11.6 Å². The minimum atomic E-state index is -0.436. The van der Waals surface area contributed by atoms with Crippen LogP contribution in [0.5, 0.6) is 0 Å². The average Bonchev–Trinajstić information content (AvgIpc) is 3.25. The summed E-state index contributed by atoms with van der Waals surface area (Å²) in [4.78, 5) is 16.7. The Labute approximate surface area is 145 Å². The molecule has 9 heteroatoms. The van der Waals surface area contributed by atoms with Crippen molar-refractivity contribution < 1.29 is 13.7 Å². The summed E-state index contributed by atoms with van der Waals surface area (Å²) in [6.45, 7) is 3.53. The Hall–Kier alpha value is -3.07. The fourth-order valence-corrected chi connectivity index (χ4v) is 3.32. The molecule has 3 heterocycles. The molecule has 1 amide bonds. The number of nitrogens with zero attached hydrogens (tertiary/aromatic N) is 4. The summed E-state index contributed by atoms with van der Waals surface area (Å²) in [5.41, 5.74) is 1.98. The Kier molecular flexibility index (Phi) is 3.57. The molecule has 0 bridgehead atoms. The molecular weight excluding hydrogens is 345 g/mol. The van der Waals surface area contributed by atoms with E-state index in [0.717, 1.165) is 0 Å². The molecule has 0 unspecified atom stereocenters. The number of carbonyl (C=O) groups excluding carboxylic acids is 1. The summed E-state index contributed by atoms with van der Waals surface area (Å²) in [5, 5.41) is 11.3. The third kappa shape index (κ3) is 2.89. The number of nitrogens with one attached hydrogen (secondary N) is 1. The van der Waals surface area contributed by atoms with E-state index < -0.39 is 5.91 Å². The van der Waals surface area contributed by atoms with Crippen molar-refractivity contribution in [2.24, 2.45) is 0 Å². The predicted molar refractivity (Wildman–Crippen MR) is 90.6 cm³/mol. The van der Waals surface area contributed by atoms with E-state index in [4.69, 9.17) is 4.52 Å². The van der Waals surface area contributed by atoms with Crippen LogP contribution in [0.2, 0.25) is 0 Å². The van der Waals surface area contributed by atoms with Gasteiger partial charge in [-0.25, -0.2) is 9.37 Å². The number of rotatable bonds is 3. The average molecular weight is 357 g/mol. The molecule has 0 aliphatic heterocycles. The number of aryl methyl sites for hydroxylation is 2. The normalized spacial score (nSPS) is 11.2. The third-order valence-electron chi connectivity index (χ3n) is 3.45. The Bertz CT molecular complexity index is 1100. The molecule has 25 heavy (non-hydrogen) atoms. The van der Waals surface area contributed by atoms with Gasteiger partial charge in [0.15, 0.2) is 0 Å². The van der Waals surface area contributed by atoms with E-state index in [2.05, 4.69) is 20.6 Å². The number of carbonyl (C=O) groups is 1. The molecule has 3 aromatic heterocycles. The second-order valence-electron chi connectivity index (χ2n) is 5.48. The van der Waals surface area contributed by atoms with Gasteiger partial charge in [0.2, 0.25) is 10.9 Å². The van der Waals surface area contributed by atoms with Gasteiger partial charge in [-0.1, -0.05) is 16.5 Å². The molecule has 0 atom stereocenters. The monoisotopic (exact) mass is 357 g/mol. The quantitative estimate of drug-likeness (QED) is 0.607. The van der Waals surface area contributed by atoms with Crippen LogP contribution < -0.4 is 5.32 Å². The summed E-state index contributed by atoms with van der Waals surface area (Å²) in [6, 6.07) is 7.64. The van der Waals surface area contributed by atoms with Crippen LogP contribution in [0.4, 0.5) is 10.2 Å². The molecular formula is C16H12FN5O2S. The second kappa shape index (κ2) is 5.78. The van der Waals surface area contributed by atoms with Gasteiger partial charge in [0.25, 0.3) is 5.91 Å². The first kappa shape index (κ1) is 15.5. The number of benzene rings is 1. The number of thiazole rings is 1. The van der Waals surface area contributed by atoms with Crippen molar-refractivity contribution in [2.75, 3.05) is 5.32 Å². The van der Waals surface area contributed by atoms with E-state index in [-0.39, 0.29) is 11.6 Å². The standard InChI is InChI=1S/C16H12FN5O2S/c1-8-6-14(19-15(23)12-5-9(2)21-24-12)22(20-8)16-18-11-4-3-10(17)7-13(11)25-16/h3-7H,1-2H3,(H,19,23). The van der Waals surface area contributed by atoms with Gasteiger partial charge in [0.05, 0.1) is 21.6 Å². The molecule has 0 fully saturated rings. The minimum Gasteiger partial charge on any atom is -0.351 e. The molecule has 0 aliphatic carbocycles. The van der Waals surface area contributed by atoms with Gasteiger partial charge < -0.3 is 9.84 Å². The zero-order valence-electron chi connectivity index (χ0n) is 13.3. The Morgan fingerprint density at radius 3 is 2.84 bits per heavy atom. The van der Waals surface area contributed by atoms with Crippen molar-refractivity contribution >= 4 is 33.3 Å². The molecule has 0 aliphatic rings. The van der Waals surface area contributed by atoms with Gasteiger partial charge >= 0.3 is 0 Å². The van der Waals surface area contributed by atoms with Crippen molar-refractivity contribution in [2.45, 2.75) is 13.8 Å². The van der Waals surface area contributed by atoms with E-state index in [0.29, 0.717) is 32.6 Å². The number of hydrogen-bond donors (Lipinski definition) is 1. The molecule has 4 aromatic rings. The molecule has 0 saturated carbocycles. The largest absolute Gasteiger partial charge is 0.351 e. The SMILES string of the molecule is Cc1cc(C(=O)Nc2cc(C)nn2-c2nc3ccc(F)cc3s2)on1. The first-order valence-corrected chi connectivity index (χ1v) is 8.19. The lowest BCUT2D eigenvalue weighted by atomic mass is 10.3. The second-order valence-corrected chi connectivity index (χ2v) is 6.49. The molecule has 126 valence electrons. The van der Waals surface area contributed by atoms with Crippen LogP contribution in [0.3, 0.4) is 0 Å². The van der Waals surface area contributed by atoms with E-state index in [9.17, 15) is 9.18 Å². The fourth-order valence-electron chi connectivity index (χ4n) is 2.36. The maximum atomic E-state index is 13.4. The Morgan fingerprint density at radius 2 is 2.08 bits per heavy atom. The lowest BCUT2D eigenvalue weighted by Gasteiger charge is -2.04. The number of amides is 1. The van der Waals surface area contributed by atoms with E-state index >= 15 is 0 Å². The lowest BCUT2D eigenvalue weighted by Crippen LogP contribution is -2.14. The van der Waals surface area contributed by atoms with Crippen LogP contribution in [-0.2, 0) is 0 Å². The molecule has 1 aromatic carbocycles. The van der Waals surface area contributed by atoms with E-state index in [1.807, 2.05) is 0 Å². The Balaban J connectivity index is 1.71. The number of anilines is 1. The first-order chi connectivity index (χ1) is 12.0. The highest BCUT2D eigenvalue weighted by Gasteiger charge is 2.18. The van der Waals surface area contributed by atoms with Crippen molar-refractivity contribution in [3.8, 4) is 5.13 Å². The molecule has 0 saturated heterocycles. The number of hydrogen-bond acceptors (Lipinski definition) is 6. The van der Waals surface area contributed by atoms with E-state index in [1.165, 1.54) is 28.2 Å². The number of fused-ring (bicyclic) bond motifs is 1. The maximum absolute atomic E-state index is 13.4. The van der Waals surface area contributed by atoms with Crippen molar-refractivity contribution in [3.05, 3.63) is 53.3 Å². The number of halogens is 1. The first-order valence-electron chi connectivity index (χ1n) is 7.37. The zero-order valence-corrected chi connectivity index (χ0v) is 14.1. The van der Waals surface area contributed by atoms with Crippen molar-refractivity contribution in [1.82, 2.24) is 19.9 Å². The number of aromatic nitrogens is 4. The predicted octanol–water partition coefficient (Wildman–Crippen LogP) is 3.48. The van der Waals surface area contributed by atoms with Crippen LogP contribution in [0.25, 0.3) is 15.3 Å². The van der Waals surface area contributed by atoms with Crippen LogP contribution in [0.1, 0.15) is 21.9 Å². The fraction of sp³-hybridized carbons (Fsp3) is 0.125. The zero-order chi connectivity index (χ0) is 17.6. The van der Waals surface area contributed by atoms with Gasteiger partial charge in [0, 0.05) is 12.1 Å². The van der Waals surface area contributed by atoms with Crippen LogP contribution in [-0.4, -0.2) is 25.8 Å². The molecule has 0 radical (unpaired) electrons. The topological polar surface area (TPSA) is 85.8 Å². The lowest BCUT2D eigenvalue weighted by molar-refractivity contribution is 0.0987. The van der Waals surface area contributed by atoms with Gasteiger partial charge in [-0.3, -0.25) is 4.79 Å². The van der Waals surface area contributed by atoms with Gasteiger partial charge in [-0.2, -0.15) is 9.78 Å². The molecule has 1 N–H and O–H groups in total. The summed E-state index contributed by atoms with van der Waals surface area (Å²) in [5.74, 6) is -0.215. The molecule has 0 spiro atoms. The Morgan fingerprint density at radius 1 is 1.24 bits per heavy atom. The van der Waals surface area contributed by atoms with Gasteiger partial charge in [-0.15, -0.1) is 0 Å². The highest BCUT2D eigenvalue weighted by Crippen LogP contribution is 2.28. The van der Waals surface area contributed by atoms with Gasteiger partial charge in [-0.05, 0) is 32.0 Å². The van der Waals surface area contributed by atoms with Crippen LogP contribution in [0.15, 0.2) is 34.9 Å². The molecule has 7 nitrogen and oxygen atoms in total. The van der Waals surface area contributed by atoms with Crippen LogP contribution >= 0.6 is 11.3 Å². The van der Waals surface area contributed by atoms with Crippen LogP contribution in [0, 0.1) is 19.7 Å². The smallest absolute Gasteiger partial charge is 0.295 e. The highest BCUT2D eigenvalue weighted by molar-refractivity contribution is 7.20. The maximum Gasteiger partial charge on any atom is 0.295 e. The van der Waals surface area contributed by atoms with E-state index in [1.54, 1.807) is 32.0 Å². The van der Waals surface area contributed by atoms with Crippen molar-refractivity contribution in [3.63, 3.8) is 0 Å². The highest BCUT2D eigenvalue weighted by atomic mass is 32.1. The summed E-state index contributed by atoms with van der Waals surface area (Å²) in [7, 11) is 0. The molecule has 4 rings (SSSR count). The summed E-state index contributed by atoms with van der Waals surface area (Å²) in [6.07, 6.45) is 0. The third-order valence-corrected chi connectivity index (χ3v) is 4.44. The van der Waals surface area contributed by atoms with Crippen molar-refractivity contribution in [1.29, 1.82) is 0 Å². The summed E-state index contributed by atoms with van der Waals surface area (Å²) >= 11 is 1.28. The summed E-state index contributed by atoms with van der Waals surface area (Å²) < 4.78 is 20.6.